The Morgan fingerprint density at radius 1 is 0.826 bits per heavy atom. The van der Waals surface area contributed by atoms with Crippen LogP contribution < -0.4 is 4.43 Å². The quantitative estimate of drug-likeness (QED) is 0.465. The maximum Gasteiger partial charge on any atom is 0.258 e. The third kappa shape index (κ3) is 3.35. The van der Waals surface area contributed by atoms with Gasteiger partial charge in [-0.15, -0.1) is 0 Å². The fraction of sp³-hybridized carbons (Fsp3) is 0.450. The summed E-state index contributed by atoms with van der Waals surface area (Å²) in [5, 5.41) is 2.19. The van der Waals surface area contributed by atoms with Gasteiger partial charge in [0.05, 0.1) is 0 Å². The molecule has 0 radical (unpaired) electrons. The molecule has 0 bridgehead atoms. The highest BCUT2D eigenvalue weighted by atomic mass is 28.4. The van der Waals surface area contributed by atoms with E-state index in [9.17, 15) is 4.79 Å². The largest absolute Gasteiger partial charge is 0.543 e. The molecule has 0 aliphatic carbocycles. The fourth-order valence-corrected chi connectivity index (χ4v) is 9.18. The Kier molecular flexibility index (Phi) is 5.30. The first kappa shape index (κ1) is 17.7. The van der Waals surface area contributed by atoms with Crippen LogP contribution in [0.5, 0.6) is 5.75 Å². The molecule has 0 fully saturated rings. The molecule has 0 heterocycles. The van der Waals surface area contributed by atoms with Crippen molar-refractivity contribution in [3.05, 3.63) is 42.0 Å². The van der Waals surface area contributed by atoms with Gasteiger partial charge in [0.15, 0.2) is 0 Å². The van der Waals surface area contributed by atoms with Crippen LogP contribution in [0.4, 0.5) is 0 Å². The van der Waals surface area contributed by atoms with Crippen LogP contribution in [0.25, 0.3) is 10.8 Å². The molecular formula is C20H28O2Si. The first-order valence-corrected chi connectivity index (χ1v) is 10.6. The van der Waals surface area contributed by atoms with Crippen LogP contribution >= 0.6 is 0 Å². The summed E-state index contributed by atoms with van der Waals surface area (Å²) in [4.78, 5) is 10.9. The lowest BCUT2D eigenvalue weighted by molar-refractivity contribution is 0.112. The fourth-order valence-electron chi connectivity index (χ4n) is 3.94. The highest BCUT2D eigenvalue weighted by Gasteiger charge is 2.46. The highest BCUT2D eigenvalue weighted by Crippen LogP contribution is 2.43. The second kappa shape index (κ2) is 6.87. The zero-order valence-corrected chi connectivity index (χ0v) is 16.1. The lowest BCUT2D eigenvalue weighted by Crippen LogP contribution is -2.50. The molecule has 0 spiro atoms. The van der Waals surface area contributed by atoms with Crippen LogP contribution in [-0.4, -0.2) is 14.6 Å². The number of benzene rings is 2. The molecule has 0 saturated carbocycles. The highest BCUT2D eigenvalue weighted by molar-refractivity contribution is 6.78. The molecule has 0 aliphatic heterocycles. The van der Waals surface area contributed by atoms with Crippen molar-refractivity contribution < 1.29 is 9.22 Å². The van der Waals surface area contributed by atoms with Crippen molar-refractivity contribution in [3.8, 4) is 5.75 Å². The lowest BCUT2D eigenvalue weighted by atomic mass is 10.1. The van der Waals surface area contributed by atoms with Gasteiger partial charge in [0.1, 0.15) is 12.0 Å². The van der Waals surface area contributed by atoms with Gasteiger partial charge in [0.25, 0.3) is 8.32 Å². The minimum Gasteiger partial charge on any atom is -0.543 e. The van der Waals surface area contributed by atoms with Gasteiger partial charge < -0.3 is 4.43 Å². The normalized spacial score (nSPS) is 12.4. The van der Waals surface area contributed by atoms with Gasteiger partial charge in [0.2, 0.25) is 0 Å². The molecule has 2 aromatic rings. The van der Waals surface area contributed by atoms with E-state index >= 15 is 0 Å². The topological polar surface area (TPSA) is 26.3 Å². The maximum atomic E-state index is 10.9. The minimum atomic E-state index is -1.93. The van der Waals surface area contributed by atoms with Crippen molar-refractivity contribution in [1.82, 2.24) is 0 Å². The summed E-state index contributed by atoms with van der Waals surface area (Å²) in [6.45, 7) is 13.8. The van der Waals surface area contributed by atoms with Gasteiger partial charge >= 0.3 is 0 Å². The number of aldehydes is 1. The summed E-state index contributed by atoms with van der Waals surface area (Å²) in [5.41, 5.74) is 2.36. The van der Waals surface area contributed by atoms with Gasteiger partial charge in [-0.05, 0) is 45.6 Å². The molecule has 2 nitrogen and oxygen atoms in total. The Labute approximate surface area is 141 Å². The number of hydrogen-bond donors (Lipinski definition) is 0. The van der Waals surface area contributed by atoms with Gasteiger partial charge in [-0.25, -0.2) is 0 Å². The second-order valence-electron chi connectivity index (χ2n) is 7.31. The summed E-state index contributed by atoms with van der Waals surface area (Å²) >= 11 is 0. The van der Waals surface area contributed by atoms with E-state index in [-0.39, 0.29) is 0 Å². The molecule has 23 heavy (non-hydrogen) atoms. The summed E-state index contributed by atoms with van der Waals surface area (Å²) in [5.74, 6) is 0.958. The van der Waals surface area contributed by atoms with Crippen LogP contribution in [0.2, 0.25) is 16.6 Å². The standard InChI is InChI=1S/C20H28O2Si/c1-14(2)23(15(3)4,16(5)6)22-20-10-9-18-11-17(13-21)7-8-19(18)12-20/h7-16H,1-6H3. The van der Waals surface area contributed by atoms with Crippen LogP contribution in [-0.2, 0) is 0 Å². The van der Waals surface area contributed by atoms with Crippen molar-refractivity contribution in [2.45, 2.75) is 58.2 Å². The average molecular weight is 329 g/mol. The summed E-state index contributed by atoms with van der Waals surface area (Å²) in [6.07, 6.45) is 0.887. The maximum absolute atomic E-state index is 10.9. The molecule has 0 unspecified atom stereocenters. The Morgan fingerprint density at radius 2 is 1.35 bits per heavy atom. The number of fused-ring (bicyclic) bond motifs is 1. The third-order valence-corrected chi connectivity index (χ3v) is 11.0. The van der Waals surface area contributed by atoms with Crippen LogP contribution in [0.1, 0.15) is 51.9 Å². The van der Waals surface area contributed by atoms with Crippen molar-refractivity contribution in [1.29, 1.82) is 0 Å². The SMILES string of the molecule is CC(C)[Si](Oc1ccc2cc(C=O)ccc2c1)(C(C)C)C(C)C. The summed E-state index contributed by atoms with van der Waals surface area (Å²) < 4.78 is 6.72. The predicted molar refractivity (Wildman–Crippen MR) is 101 cm³/mol. The van der Waals surface area contributed by atoms with E-state index in [1.165, 1.54) is 0 Å². The zero-order chi connectivity index (χ0) is 17.2. The molecule has 2 rings (SSSR count). The summed E-state index contributed by atoms with van der Waals surface area (Å²) in [7, 11) is -1.93. The first-order chi connectivity index (χ1) is 10.8. The second-order valence-corrected chi connectivity index (χ2v) is 12.7. The van der Waals surface area contributed by atoms with E-state index in [4.69, 9.17) is 4.43 Å². The molecule has 0 atom stereocenters. The van der Waals surface area contributed by atoms with E-state index in [1.54, 1.807) is 0 Å². The smallest absolute Gasteiger partial charge is 0.258 e. The third-order valence-electron chi connectivity index (χ3n) is 4.97. The Morgan fingerprint density at radius 3 is 1.87 bits per heavy atom. The van der Waals surface area contributed by atoms with Gasteiger partial charge in [-0.3, -0.25) is 4.79 Å². The Hall–Kier alpha value is -1.61. The molecule has 0 amide bonds. The van der Waals surface area contributed by atoms with Crippen molar-refractivity contribution in [3.63, 3.8) is 0 Å². The Balaban J connectivity index is 2.44. The number of hydrogen-bond acceptors (Lipinski definition) is 2. The molecule has 0 N–H and O–H groups in total. The van der Waals surface area contributed by atoms with E-state index in [2.05, 4.69) is 53.7 Å². The molecule has 0 saturated heterocycles. The monoisotopic (exact) mass is 328 g/mol. The van der Waals surface area contributed by atoms with E-state index in [0.29, 0.717) is 22.2 Å². The van der Waals surface area contributed by atoms with Crippen LogP contribution in [0, 0.1) is 0 Å². The van der Waals surface area contributed by atoms with Gasteiger partial charge in [0, 0.05) is 5.56 Å². The van der Waals surface area contributed by atoms with Gasteiger partial charge in [-0.2, -0.15) is 0 Å². The minimum absolute atomic E-state index is 0.552. The molecule has 2 aromatic carbocycles. The van der Waals surface area contributed by atoms with E-state index in [1.807, 2.05) is 24.3 Å². The molecular weight excluding hydrogens is 300 g/mol. The number of rotatable bonds is 6. The van der Waals surface area contributed by atoms with Crippen molar-refractivity contribution in [2.75, 3.05) is 0 Å². The van der Waals surface area contributed by atoms with E-state index < -0.39 is 8.32 Å². The molecule has 124 valence electrons. The van der Waals surface area contributed by atoms with Crippen molar-refractivity contribution >= 4 is 25.4 Å². The zero-order valence-electron chi connectivity index (χ0n) is 15.1. The summed E-state index contributed by atoms with van der Waals surface area (Å²) in [6, 6.07) is 12.0. The van der Waals surface area contributed by atoms with Crippen molar-refractivity contribution in [2.24, 2.45) is 0 Å². The predicted octanol–water partition coefficient (Wildman–Crippen LogP) is 6.21. The van der Waals surface area contributed by atoms with Crippen LogP contribution in [0.15, 0.2) is 36.4 Å². The number of carbonyl (C=O) groups is 1. The van der Waals surface area contributed by atoms with Crippen LogP contribution in [0.3, 0.4) is 0 Å². The molecule has 0 aliphatic rings. The van der Waals surface area contributed by atoms with Gasteiger partial charge in [-0.1, -0.05) is 59.7 Å². The first-order valence-electron chi connectivity index (χ1n) is 8.49. The number of carbonyl (C=O) groups excluding carboxylic acids is 1. The molecule has 3 heteroatoms. The molecule has 0 aromatic heterocycles. The average Bonchev–Trinajstić information content (AvgIpc) is 2.50. The lowest BCUT2D eigenvalue weighted by Gasteiger charge is -2.42. The Bertz CT molecular complexity index is 667. The van der Waals surface area contributed by atoms with E-state index in [0.717, 1.165) is 22.8 Å².